The molecule has 0 radical (unpaired) electrons. The van der Waals surface area contributed by atoms with Crippen LogP contribution in [-0.4, -0.2) is 27.7 Å². The zero-order chi connectivity index (χ0) is 13.7. The zero-order valence-electron chi connectivity index (χ0n) is 10.6. The minimum Gasteiger partial charge on any atom is -0.273 e. The van der Waals surface area contributed by atoms with E-state index in [0.29, 0.717) is 6.42 Å². The molecule has 1 amide bonds. The monoisotopic (exact) mass is 406 g/mol. The van der Waals surface area contributed by atoms with Crippen molar-refractivity contribution in [1.82, 2.24) is 5.43 Å². The van der Waals surface area contributed by atoms with Crippen molar-refractivity contribution in [3.63, 3.8) is 0 Å². The number of benzene rings is 1. The first-order chi connectivity index (χ1) is 9.07. The highest BCUT2D eigenvalue weighted by atomic mass is 127. The molecule has 1 N–H and O–H groups in total. The molecule has 1 heterocycles. The van der Waals surface area contributed by atoms with Crippen molar-refractivity contribution >= 4 is 58.2 Å². The lowest BCUT2D eigenvalue weighted by atomic mass is 10.2. The van der Waals surface area contributed by atoms with Gasteiger partial charge in [-0.1, -0.05) is 12.1 Å². The van der Waals surface area contributed by atoms with Crippen LogP contribution in [0.2, 0.25) is 0 Å². The molecule has 102 valence electrons. The third kappa shape index (κ3) is 5.00. The minimum atomic E-state index is -0.0221. The molecule has 0 unspecified atom stereocenters. The van der Waals surface area contributed by atoms with Gasteiger partial charge < -0.3 is 0 Å². The summed E-state index contributed by atoms with van der Waals surface area (Å²) < 4.78 is 1.20. The summed E-state index contributed by atoms with van der Waals surface area (Å²) in [4.78, 5) is 11.8. The number of hydrogen-bond donors (Lipinski definition) is 1. The molecule has 6 heteroatoms. The number of thioether (sulfide) groups is 2. The maximum Gasteiger partial charge on any atom is 0.242 e. The van der Waals surface area contributed by atoms with Crippen molar-refractivity contribution in [3.05, 3.63) is 33.4 Å². The third-order valence-corrected chi connectivity index (χ3v) is 6.66. The van der Waals surface area contributed by atoms with Gasteiger partial charge in [0.05, 0.1) is 16.7 Å². The summed E-state index contributed by atoms with van der Waals surface area (Å²) in [5.74, 6) is 2.23. The molecule has 0 aliphatic carbocycles. The Bertz CT molecular complexity index is 470. The molecule has 1 aromatic carbocycles. The Labute approximate surface area is 135 Å². The van der Waals surface area contributed by atoms with E-state index >= 15 is 0 Å². The van der Waals surface area contributed by atoms with Gasteiger partial charge >= 0.3 is 0 Å². The van der Waals surface area contributed by atoms with E-state index in [1.807, 2.05) is 47.8 Å². The normalized spacial score (nSPS) is 17.8. The highest BCUT2D eigenvalue weighted by Crippen LogP contribution is 2.45. The molecule has 1 fully saturated rings. The number of carbonyl (C=O) groups excluding carboxylic acids is 1. The van der Waals surface area contributed by atoms with Crippen molar-refractivity contribution in [2.75, 3.05) is 11.5 Å². The van der Waals surface area contributed by atoms with Crippen LogP contribution in [0.4, 0.5) is 0 Å². The Morgan fingerprint density at radius 2 is 2.05 bits per heavy atom. The number of carbonyl (C=O) groups is 1. The average molecular weight is 406 g/mol. The lowest BCUT2D eigenvalue weighted by Crippen LogP contribution is -2.26. The van der Waals surface area contributed by atoms with Crippen LogP contribution in [-0.2, 0) is 4.79 Å². The first-order valence-corrected chi connectivity index (χ1v) is 8.98. The zero-order valence-corrected chi connectivity index (χ0v) is 14.3. The summed E-state index contributed by atoms with van der Waals surface area (Å²) in [6.45, 7) is 2.12. The predicted molar refractivity (Wildman–Crippen MR) is 92.8 cm³/mol. The van der Waals surface area contributed by atoms with E-state index < -0.39 is 0 Å². The fourth-order valence-corrected chi connectivity index (χ4v) is 4.91. The molecule has 19 heavy (non-hydrogen) atoms. The summed E-state index contributed by atoms with van der Waals surface area (Å²) in [7, 11) is 0. The van der Waals surface area contributed by atoms with E-state index in [1.165, 1.54) is 3.57 Å². The van der Waals surface area contributed by atoms with Gasteiger partial charge in [-0.3, -0.25) is 4.79 Å². The second kappa shape index (κ2) is 6.99. The van der Waals surface area contributed by atoms with Crippen LogP contribution in [0.25, 0.3) is 0 Å². The molecule has 3 nitrogen and oxygen atoms in total. The fourth-order valence-electron chi connectivity index (χ4n) is 1.72. The van der Waals surface area contributed by atoms with E-state index in [9.17, 15) is 4.79 Å². The van der Waals surface area contributed by atoms with Gasteiger partial charge in [0.2, 0.25) is 5.91 Å². The summed E-state index contributed by atoms with van der Waals surface area (Å²) in [6, 6.07) is 7.97. The second-order valence-corrected chi connectivity index (χ2v) is 9.05. The first-order valence-electron chi connectivity index (χ1n) is 5.93. The van der Waals surface area contributed by atoms with Crippen LogP contribution < -0.4 is 5.43 Å². The highest BCUT2D eigenvalue weighted by Gasteiger charge is 2.32. The number of nitrogens with zero attached hydrogens (tertiary/aromatic N) is 1. The minimum absolute atomic E-state index is 0.0163. The SMILES string of the molecule is CC1(CC(=O)NN=Cc2ccc(I)cc2)SCCS1. The number of hydrazone groups is 1. The Kier molecular flexibility index (Phi) is 5.58. The Morgan fingerprint density at radius 3 is 2.68 bits per heavy atom. The van der Waals surface area contributed by atoms with E-state index in [0.717, 1.165) is 17.1 Å². The number of rotatable bonds is 4. The van der Waals surface area contributed by atoms with Gasteiger partial charge in [0.15, 0.2) is 0 Å². The molecular formula is C13H15IN2OS2. The number of amides is 1. The first kappa shape index (κ1) is 15.2. The van der Waals surface area contributed by atoms with Crippen molar-refractivity contribution in [2.24, 2.45) is 5.10 Å². The van der Waals surface area contributed by atoms with Gasteiger partial charge in [0.1, 0.15) is 0 Å². The summed E-state index contributed by atoms with van der Waals surface area (Å²) in [6.07, 6.45) is 2.18. The average Bonchev–Trinajstić information content (AvgIpc) is 2.78. The van der Waals surface area contributed by atoms with Crippen molar-refractivity contribution in [2.45, 2.75) is 17.4 Å². The lowest BCUT2D eigenvalue weighted by molar-refractivity contribution is -0.121. The second-order valence-electron chi connectivity index (χ2n) is 4.35. The quantitative estimate of drug-likeness (QED) is 0.474. The highest BCUT2D eigenvalue weighted by molar-refractivity contribution is 14.1. The molecule has 1 saturated heterocycles. The fraction of sp³-hybridized carbons (Fsp3) is 0.385. The van der Waals surface area contributed by atoms with Crippen molar-refractivity contribution < 1.29 is 4.79 Å². The van der Waals surface area contributed by atoms with Crippen LogP contribution >= 0.6 is 46.1 Å². The molecule has 1 aliphatic heterocycles. The molecule has 0 aromatic heterocycles. The molecule has 2 rings (SSSR count). The van der Waals surface area contributed by atoms with E-state index in [-0.39, 0.29) is 9.99 Å². The van der Waals surface area contributed by atoms with E-state index in [1.54, 1.807) is 6.21 Å². The van der Waals surface area contributed by atoms with Gasteiger partial charge in [-0.05, 0) is 47.2 Å². The smallest absolute Gasteiger partial charge is 0.242 e. The number of nitrogens with one attached hydrogen (secondary N) is 1. The molecule has 0 saturated carbocycles. The third-order valence-electron chi connectivity index (χ3n) is 2.65. The topological polar surface area (TPSA) is 41.5 Å². The standard InChI is InChI=1S/C13H15IN2OS2/c1-13(18-6-7-19-13)8-12(17)16-15-9-10-2-4-11(14)5-3-10/h2-5,9H,6-8H2,1H3,(H,16,17). The van der Waals surface area contributed by atoms with Crippen LogP contribution in [0.3, 0.4) is 0 Å². The molecule has 1 aromatic rings. The van der Waals surface area contributed by atoms with Crippen molar-refractivity contribution in [3.8, 4) is 0 Å². The Hall–Kier alpha value is -0.210. The van der Waals surface area contributed by atoms with Gasteiger partial charge in [0, 0.05) is 15.1 Å². The largest absolute Gasteiger partial charge is 0.273 e. The lowest BCUT2D eigenvalue weighted by Gasteiger charge is -2.19. The number of halogens is 1. The van der Waals surface area contributed by atoms with Gasteiger partial charge in [-0.2, -0.15) is 5.10 Å². The summed E-state index contributed by atoms with van der Waals surface area (Å²) in [5.41, 5.74) is 3.58. The molecule has 1 aliphatic rings. The summed E-state index contributed by atoms with van der Waals surface area (Å²) >= 11 is 5.96. The maximum absolute atomic E-state index is 11.8. The van der Waals surface area contributed by atoms with Gasteiger partial charge in [-0.15, -0.1) is 23.5 Å². The van der Waals surface area contributed by atoms with Crippen LogP contribution in [0.5, 0.6) is 0 Å². The van der Waals surface area contributed by atoms with Gasteiger partial charge in [0.25, 0.3) is 0 Å². The summed E-state index contributed by atoms with van der Waals surface area (Å²) in [5, 5.41) is 4.00. The van der Waals surface area contributed by atoms with Crippen LogP contribution in [0.1, 0.15) is 18.9 Å². The maximum atomic E-state index is 11.8. The van der Waals surface area contributed by atoms with Crippen LogP contribution in [0, 0.1) is 3.57 Å². The molecular weight excluding hydrogens is 391 g/mol. The van der Waals surface area contributed by atoms with E-state index in [2.05, 4.69) is 40.0 Å². The predicted octanol–water partition coefficient (Wildman–Crippen LogP) is 3.33. The Balaban J connectivity index is 1.81. The number of hydrogen-bond acceptors (Lipinski definition) is 4. The van der Waals surface area contributed by atoms with E-state index in [4.69, 9.17) is 0 Å². The molecule has 0 bridgehead atoms. The van der Waals surface area contributed by atoms with Crippen LogP contribution in [0.15, 0.2) is 29.4 Å². The molecule has 0 spiro atoms. The van der Waals surface area contributed by atoms with Gasteiger partial charge in [-0.25, -0.2) is 5.43 Å². The molecule has 0 atom stereocenters. The Morgan fingerprint density at radius 1 is 1.42 bits per heavy atom. The van der Waals surface area contributed by atoms with Crippen molar-refractivity contribution in [1.29, 1.82) is 0 Å².